The van der Waals surface area contributed by atoms with Crippen molar-refractivity contribution < 1.29 is 26.9 Å². The fourth-order valence-electron chi connectivity index (χ4n) is 1.90. The number of esters is 1. The highest BCUT2D eigenvalue weighted by Crippen LogP contribution is 2.13. The molecule has 4 nitrogen and oxygen atoms in total. The van der Waals surface area contributed by atoms with Gasteiger partial charge >= 0.3 is 5.97 Å². The monoisotopic (exact) mass is 318 g/mol. The lowest BCUT2D eigenvalue weighted by atomic mass is 10.1. The Morgan fingerprint density at radius 2 is 1.73 bits per heavy atom. The number of aryl methyl sites for hydroxylation is 1. The SMILES string of the molecule is COC(=O)C[NH+]=C(Nc1ccccc1C)c1ccccc1.[Cl-]. The van der Waals surface area contributed by atoms with Gasteiger partial charge in [0.25, 0.3) is 5.84 Å². The van der Waals surface area contributed by atoms with E-state index < -0.39 is 0 Å². The average Bonchev–Trinajstić information content (AvgIpc) is 2.53. The zero-order valence-electron chi connectivity index (χ0n) is 12.6. The van der Waals surface area contributed by atoms with Crippen LogP contribution in [0.3, 0.4) is 0 Å². The number of para-hydroxylation sites is 1. The molecule has 116 valence electrons. The molecule has 22 heavy (non-hydrogen) atoms. The van der Waals surface area contributed by atoms with Crippen LogP contribution in [0.15, 0.2) is 54.6 Å². The van der Waals surface area contributed by atoms with E-state index in [1.807, 2.05) is 61.5 Å². The highest BCUT2D eigenvalue weighted by molar-refractivity contribution is 6.04. The molecule has 0 fully saturated rings. The molecule has 2 rings (SSSR count). The third-order valence-electron chi connectivity index (χ3n) is 3.10. The van der Waals surface area contributed by atoms with Gasteiger partial charge in [-0.05, 0) is 30.7 Å². The van der Waals surface area contributed by atoms with E-state index in [2.05, 4.69) is 15.0 Å². The van der Waals surface area contributed by atoms with Gasteiger partial charge in [-0.1, -0.05) is 36.4 Å². The number of benzene rings is 2. The van der Waals surface area contributed by atoms with Crippen LogP contribution in [0, 0.1) is 6.92 Å². The first-order chi connectivity index (χ1) is 10.2. The van der Waals surface area contributed by atoms with Crippen LogP contribution in [-0.4, -0.2) is 25.5 Å². The second kappa shape index (κ2) is 8.85. The van der Waals surface area contributed by atoms with Crippen molar-refractivity contribution in [3.05, 3.63) is 65.7 Å². The lowest BCUT2D eigenvalue weighted by molar-refractivity contribution is -0.446. The molecule has 2 aromatic rings. The molecule has 0 bridgehead atoms. The fraction of sp³-hybridized carbons (Fsp3) is 0.176. The molecule has 0 aromatic heterocycles. The Kier molecular flexibility index (Phi) is 7.13. The number of nitrogens with one attached hydrogen (secondary N) is 2. The van der Waals surface area contributed by atoms with Crippen LogP contribution >= 0.6 is 0 Å². The molecule has 0 aliphatic carbocycles. The van der Waals surface area contributed by atoms with Crippen molar-refractivity contribution >= 4 is 17.5 Å². The predicted molar refractivity (Wildman–Crippen MR) is 83.2 cm³/mol. The van der Waals surface area contributed by atoms with E-state index in [0.29, 0.717) is 0 Å². The number of amidine groups is 1. The molecule has 0 radical (unpaired) electrons. The van der Waals surface area contributed by atoms with E-state index in [0.717, 1.165) is 22.6 Å². The second-order valence-corrected chi connectivity index (χ2v) is 4.61. The third kappa shape index (κ3) is 4.90. The van der Waals surface area contributed by atoms with Crippen molar-refractivity contribution in [3.8, 4) is 0 Å². The topological polar surface area (TPSA) is 52.3 Å². The summed E-state index contributed by atoms with van der Waals surface area (Å²) in [6.45, 7) is 2.14. The van der Waals surface area contributed by atoms with Crippen molar-refractivity contribution in [1.29, 1.82) is 0 Å². The van der Waals surface area contributed by atoms with Crippen LogP contribution in [0.5, 0.6) is 0 Å². The molecular weight excluding hydrogens is 300 g/mol. The van der Waals surface area contributed by atoms with Gasteiger partial charge in [-0.15, -0.1) is 0 Å². The van der Waals surface area contributed by atoms with Crippen molar-refractivity contribution in [2.24, 2.45) is 0 Å². The maximum absolute atomic E-state index is 11.3. The Morgan fingerprint density at radius 1 is 1.09 bits per heavy atom. The maximum Gasteiger partial charge on any atom is 0.347 e. The van der Waals surface area contributed by atoms with E-state index in [9.17, 15) is 4.79 Å². The summed E-state index contributed by atoms with van der Waals surface area (Å²) >= 11 is 0. The molecule has 0 saturated heterocycles. The van der Waals surface area contributed by atoms with Gasteiger partial charge in [0.15, 0.2) is 6.54 Å². The van der Waals surface area contributed by atoms with Crippen molar-refractivity contribution in [2.45, 2.75) is 6.92 Å². The number of methoxy groups -OCH3 is 1. The van der Waals surface area contributed by atoms with Crippen LogP contribution in [0.25, 0.3) is 0 Å². The number of anilines is 1. The molecule has 5 heteroatoms. The highest BCUT2D eigenvalue weighted by Gasteiger charge is 2.13. The minimum Gasteiger partial charge on any atom is -1.00 e. The molecule has 0 atom stereocenters. The first-order valence-corrected chi connectivity index (χ1v) is 6.76. The molecule has 0 spiro atoms. The summed E-state index contributed by atoms with van der Waals surface area (Å²) in [5.74, 6) is 0.463. The number of halogens is 1. The number of ether oxygens (including phenoxy) is 1. The Hall–Kier alpha value is -2.33. The van der Waals surface area contributed by atoms with E-state index in [-0.39, 0.29) is 24.9 Å². The predicted octanol–water partition coefficient (Wildman–Crippen LogP) is -1.89. The smallest absolute Gasteiger partial charge is 0.347 e. The molecule has 0 amide bonds. The van der Waals surface area contributed by atoms with E-state index >= 15 is 0 Å². The van der Waals surface area contributed by atoms with Gasteiger partial charge < -0.3 is 17.1 Å². The van der Waals surface area contributed by atoms with Gasteiger partial charge in [0.1, 0.15) is 5.69 Å². The molecule has 0 aliphatic heterocycles. The van der Waals surface area contributed by atoms with Crippen molar-refractivity contribution in [2.75, 3.05) is 19.0 Å². The van der Waals surface area contributed by atoms with E-state index in [1.54, 1.807) is 0 Å². The maximum atomic E-state index is 11.3. The Balaban J connectivity index is 0.00000242. The minimum absolute atomic E-state index is 0. The fourth-order valence-corrected chi connectivity index (χ4v) is 1.90. The van der Waals surface area contributed by atoms with Gasteiger partial charge in [0.05, 0.1) is 12.7 Å². The molecule has 2 N–H and O–H groups in total. The van der Waals surface area contributed by atoms with Crippen LogP contribution in [-0.2, 0) is 9.53 Å². The molecule has 0 aliphatic rings. The van der Waals surface area contributed by atoms with Crippen LogP contribution in [0.1, 0.15) is 11.1 Å². The molecule has 0 heterocycles. The molecule has 2 aromatic carbocycles. The normalized spacial score (nSPS) is 10.5. The van der Waals surface area contributed by atoms with Gasteiger partial charge in [-0.3, -0.25) is 4.99 Å². The summed E-state index contributed by atoms with van der Waals surface area (Å²) in [6.07, 6.45) is 0. The van der Waals surface area contributed by atoms with E-state index in [1.165, 1.54) is 7.11 Å². The summed E-state index contributed by atoms with van der Waals surface area (Å²) in [7, 11) is 1.38. The third-order valence-corrected chi connectivity index (χ3v) is 3.10. The van der Waals surface area contributed by atoms with Crippen molar-refractivity contribution in [1.82, 2.24) is 0 Å². The number of hydrogen-bond donors (Lipinski definition) is 2. The van der Waals surface area contributed by atoms with Gasteiger partial charge in [-0.2, -0.15) is 0 Å². The van der Waals surface area contributed by atoms with Gasteiger partial charge in [0, 0.05) is 0 Å². The summed E-state index contributed by atoms with van der Waals surface area (Å²) in [6, 6.07) is 17.8. The first kappa shape index (κ1) is 17.7. The number of carbonyl (C=O) groups excluding carboxylic acids is 1. The van der Waals surface area contributed by atoms with Crippen LogP contribution in [0.2, 0.25) is 0 Å². The molecular formula is C17H19ClN2O2. The lowest BCUT2D eigenvalue weighted by Crippen LogP contribution is -3.00. The van der Waals surface area contributed by atoms with Crippen molar-refractivity contribution in [3.63, 3.8) is 0 Å². The summed E-state index contributed by atoms with van der Waals surface area (Å²) in [5.41, 5.74) is 3.10. The second-order valence-electron chi connectivity index (χ2n) is 4.61. The largest absolute Gasteiger partial charge is 1.00 e. The van der Waals surface area contributed by atoms with Crippen LogP contribution < -0.4 is 22.7 Å². The van der Waals surface area contributed by atoms with Gasteiger partial charge in [-0.25, -0.2) is 10.1 Å². The number of rotatable bonds is 4. The quantitative estimate of drug-likeness (QED) is 0.394. The Labute approximate surface area is 136 Å². The number of hydrogen-bond acceptors (Lipinski definition) is 2. The van der Waals surface area contributed by atoms with Gasteiger partial charge in [0.2, 0.25) is 0 Å². The Bertz CT molecular complexity index is 642. The zero-order valence-corrected chi connectivity index (χ0v) is 13.4. The first-order valence-electron chi connectivity index (χ1n) is 6.76. The van der Waals surface area contributed by atoms with E-state index in [4.69, 9.17) is 0 Å². The Morgan fingerprint density at radius 3 is 2.36 bits per heavy atom. The summed E-state index contributed by atoms with van der Waals surface area (Å²) in [4.78, 5) is 14.4. The minimum atomic E-state index is -0.310. The summed E-state index contributed by atoms with van der Waals surface area (Å²) < 4.78 is 4.67. The molecule has 0 unspecified atom stereocenters. The zero-order chi connectivity index (χ0) is 15.1. The standard InChI is InChI=1S/C17H18N2O2.ClH/c1-13-8-6-7-11-15(13)19-17(18-12-16(20)21-2)14-9-4-3-5-10-14;/h3-11H,12H2,1-2H3,(H,18,19);1H. The number of carbonyl (C=O) groups is 1. The van der Waals surface area contributed by atoms with Crippen LogP contribution in [0.4, 0.5) is 5.69 Å². The molecule has 0 saturated carbocycles. The average molecular weight is 319 g/mol. The lowest BCUT2D eigenvalue weighted by Gasteiger charge is -2.06. The highest BCUT2D eigenvalue weighted by atomic mass is 35.5. The summed E-state index contributed by atoms with van der Waals surface area (Å²) in [5, 5.41) is 3.34.